The van der Waals surface area contributed by atoms with E-state index in [1.165, 1.54) is 11.0 Å². The molecule has 1 saturated heterocycles. The molecule has 0 aromatic heterocycles. The molecule has 1 aliphatic heterocycles. The van der Waals surface area contributed by atoms with Gasteiger partial charge in [0, 0.05) is 33.7 Å². The summed E-state index contributed by atoms with van der Waals surface area (Å²) >= 11 is 0. The first-order valence-corrected chi connectivity index (χ1v) is 10.9. The van der Waals surface area contributed by atoms with Crippen molar-refractivity contribution in [3.63, 3.8) is 0 Å². The van der Waals surface area contributed by atoms with Gasteiger partial charge in [0.1, 0.15) is 12.6 Å². The van der Waals surface area contributed by atoms with Crippen molar-refractivity contribution in [3.8, 4) is 5.75 Å². The summed E-state index contributed by atoms with van der Waals surface area (Å²) in [6.45, 7) is 7.68. The van der Waals surface area contributed by atoms with Gasteiger partial charge in [0.2, 0.25) is 5.91 Å². The molecule has 1 unspecified atom stereocenters. The lowest BCUT2D eigenvalue weighted by atomic mass is 10.2. The number of guanidine groups is 1. The molecule has 0 bridgehead atoms. The van der Waals surface area contributed by atoms with Gasteiger partial charge in [-0.15, -0.1) is 24.0 Å². The van der Waals surface area contributed by atoms with Gasteiger partial charge in [-0.2, -0.15) is 0 Å². The molecule has 1 aromatic carbocycles. The number of likely N-dealkylation sites (N-methyl/N-ethyl adjacent to an activating group) is 1. The second-order valence-electron chi connectivity index (χ2n) is 7.65. The highest BCUT2D eigenvalue weighted by atomic mass is 127. The van der Waals surface area contributed by atoms with E-state index in [0.29, 0.717) is 18.9 Å². The summed E-state index contributed by atoms with van der Waals surface area (Å²) < 4.78 is 25.1. The first-order valence-electron chi connectivity index (χ1n) is 10.9. The van der Waals surface area contributed by atoms with Crippen LogP contribution in [0.15, 0.2) is 29.3 Å². The molecule has 1 amide bonds. The molecular formula is C22H37FIN5O3. The summed E-state index contributed by atoms with van der Waals surface area (Å²) in [6, 6.07) is 6.38. The third-order valence-corrected chi connectivity index (χ3v) is 5.00. The number of carbonyl (C=O) groups is 1. The maximum atomic E-state index is 13.9. The Bertz CT molecular complexity index is 702. The van der Waals surface area contributed by atoms with Crippen LogP contribution in [-0.2, 0) is 9.53 Å². The maximum Gasteiger partial charge on any atom is 0.243 e. The molecule has 1 fully saturated rings. The van der Waals surface area contributed by atoms with Gasteiger partial charge >= 0.3 is 0 Å². The monoisotopic (exact) mass is 565 g/mol. The molecule has 0 saturated carbocycles. The summed E-state index contributed by atoms with van der Waals surface area (Å²) in [6.07, 6.45) is 1.41. The van der Waals surface area contributed by atoms with Crippen molar-refractivity contribution >= 4 is 35.8 Å². The summed E-state index contributed by atoms with van der Waals surface area (Å²) in [4.78, 5) is 20.2. The van der Waals surface area contributed by atoms with Crippen molar-refractivity contribution in [2.24, 2.45) is 4.99 Å². The van der Waals surface area contributed by atoms with Gasteiger partial charge in [-0.05, 0) is 31.5 Å². The molecular weight excluding hydrogens is 528 g/mol. The number of nitrogens with one attached hydrogen (secondary N) is 2. The second-order valence-corrected chi connectivity index (χ2v) is 7.65. The number of hydrogen-bond donors (Lipinski definition) is 2. The predicted molar refractivity (Wildman–Crippen MR) is 135 cm³/mol. The van der Waals surface area contributed by atoms with Crippen LogP contribution in [0.2, 0.25) is 0 Å². The molecule has 0 radical (unpaired) electrons. The molecule has 2 rings (SSSR count). The first kappa shape index (κ1) is 28.4. The third kappa shape index (κ3) is 10.8. The highest BCUT2D eigenvalue weighted by Gasteiger charge is 2.13. The quantitative estimate of drug-likeness (QED) is 0.185. The van der Waals surface area contributed by atoms with E-state index < -0.39 is 0 Å². The van der Waals surface area contributed by atoms with Crippen LogP contribution < -0.4 is 15.4 Å². The van der Waals surface area contributed by atoms with Crippen LogP contribution >= 0.6 is 24.0 Å². The lowest BCUT2D eigenvalue weighted by Crippen LogP contribution is -2.44. The van der Waals surface area contributed by atoms with Gasteiger partial charge in [0.15, 0.2) is 17.5 Å². The number of nitrogens with zero attached hydrogens (tertiary/aromatic N) is 3. The highest BCUT2D eigenvalue weighted by molar-refractivity contribution is 14.0. The molecule has 1 atom stereocenters. The van der Waals surface area contributed by atoms with Gasteiger partial charge in [-0.3, -0.25) is 9.69 Å². The number of hydrogen-bond acceptors (Lipinski definition) is 5. The van der Waals surface area contributed by atoms with Gasteiger partial charge in [0.25, 0.3) is 0 Å². The van der Waals surface area contributed by atoms with E-state index in [-0.39, 0.29) is 54.1 Å². The van der Waals surface area contributed by atoms with E-state index >= 15 is 0 Å². The van der Waals surface area contributed by atoms with Crippen LogP contribution in [0.4, 0.5) is 4.39 Å². The van der Waals surface area contributed by atoms with Crippen LogP contribution in [0.3, 0.4) is 0 Å². The average molecular weight is 565 g/mol. The van der Waals surface area contributed by atoms with Gasteiger partial charge in [-0.25, -0.2) is 9.38 Å². The first-order chi connectivity index (χ1) is 15.0. The number of para-hydroxylation sites is 1. The molecule has 1 aliphatic rings. The fourth-order valence-electron chi connectivity index (χ4n) is 3.00. The molecule has 0 aliphatic carbocycles. The summed E-state index contributed by atoms with van der Waals surface area (Å²) in [7, 11) is 3.41. The maximum absolute atomic E-state index is 13.9. The van der Waals surface area contributed by atoms with Gasteiger partial charge < -0.3 is 25.0 Å². The summed E-state index contributed by atoms with van der Waals surface area (Å²) in [5.41, 5.74) is 0. The van der Waals surface area contributed by atoms with E-state index in [4.69, 9.17) is 9.47 Å². The van der Waals surface area contributed by atoms with Crippen molar-refractivity contribution in [2.75, 3.05) is 66.6 Å². The van der Waals surface area contributed by atoms with E-state index in [1.54, 1.807) is 32.3 Å². The van der Waals surface area contributed by atoms with Crippen LogP contribution in [0.5, 0.6) is 5.75 Å². The Morgan fingerprint density at radius 2 is 2.00 bits per heavy atom. The largest absolute Gasteiger partial charge is 0.486 e. The second kappa shape index (κ2) is 16.0. The molecule has 1 heterocycles. The third-order valence-electron chi connectivity index (χ3n) is 5.00. The van der Waals surface area contributed by atoms with Crippen LogP contribution in [0.1, 0.15) is 19.8 Å². The zero-order valence-electron chi connectivity index (χ0n) is 19.3. The smallest absolute Gasteiger partial charge is 0.243 e. The fourth-order valence-corrected chi connectivity index (χ4v) is 3.00. The van der Waals surface area contributed by atoms with Crippen LogP contribution in [0.25, 0.3) is 0 Å². The minimum Gasteiger partial charge on any atom is -0.486 e. The number of halogens is 2. The zero-order chi connectivity index (χ0) is 22.5. The molecule has 10 heteroatoms. The number of carbonyl (C=O) groups excluding carboxylic acids is 1. The van der Waals surface area contributed by atoms with E-state index in [9.17, 15) is 9.18 Å². The predicted octanol–water partition coefficient (Wildman–Crippen LogP) is 1.95. The Hall–Kier alpha value is -1.66. The molecule has 8 nitrogen and oxygen atoms in total. The lowest BCUT2D eigenvalue weighted by molar-refractivity contribution is -0.127. The van der Waals surface area contributed by atoms with Crippen molar-refractivity contribution in [2.45, 2.75) is 25.9 Å². The van der Waals surface area contributed by atoms with Crippen molar-refractivity contribution < 1.29 is 18.7 Å². The fraction of sp³-hybridized carbons (Fsp3) is 0.636. The molecule has 2 N–H and O–H groups in total. The lowest BCUT2D eigenvalue weighted by Gasteiger charge is -2.26. The number of ether oxygens (including phenoxy) is 2. The summed E-state index contributed by atoms with van der Waals surface area (Å²) in [5, 5.41) is 6.52. The topological polar surface area (TPSA) is 78.4 Å². The van der Waals surface area contributed by atoms with Gasteiger partial charge in [0.05, 0.1) is 19.8 Å². The van der Waals surface area contributed by atoms with Crippen molar-refractivity contribution in [1.29, 1.82) is 0 Å². The van der Waals surface area contributed by atoms with Crippen molar-refractivity contribution in [3.05, 3.63) is 30.1 Å². The zero-order valence-corrected chi connectivity index (χ0v) is 21.6. The van der Waals surface area contributed by atoms with Crippen LogP contribution in [0, 0.1) is 5.82 Å². The molecule has 1 aromatic rings. The minimum absolute atomic E-state index is 0. The van der Waals surface area contributed by atoms with Gasteiger partial charge in [-0.1, -0.05) is 19.1 Å². The highest BCUT2D eigenvalue weighted by Crippen LogP contribution is 2.17. The number of aliphatic imine (C=N–C) groups is 1. The van der Waals surface area contributed by atoms with Crippen LogP contribution in [-0.4, -0.2) is 94.3 Å². The molecule has 0 spiro atoms. The Labute approximate surface area is 207 Å². The van der Waals surface area contributed by atoms with E-state index in [2.05, 4.69) is 20.5 Å². The number of rotatable bonds is 11. The Morgan fingerprint density at radius 3 is 2.66 bits per heavy atom. The Balaban J connectivity index is 0.00000512. The van der Waals surface area contributed by atoms with E-state index in [1.807, 2.05) is 6.92 Å². The Kier molecular flexibility index (Phi) is 14.2. The normalized spacial score (nSPS) is 15.4. The van der Waals surface area contributed by atoms with Crippen molar-refractivity contribution in [1.82, 2.24) is 20.4 Å². The number of benzene rings is 1. The molecule has 182 valence electrons. The summed E-state index contributed by atoms with van der Waals surface area (Å²) in [5.74, 6) is 0.320. The SMILES string of the molecule is CCC(CNC(=NCC(=O)N(C)C)NCCCN1CCOCC1)Oc1ccccc1F.I. The Morgan fingerprint density at radius 1 is 1.28 bits per heavy atom. The molecule has 32 heavy (non-hydrogen) atoms. The number of amides is 1. The average Bonchev–Trinajstić information content (AvgIpc) is 2.78. The minimum atomic E-state index is -0.382. The number of morpholine rings is 1. The van der Waals surface area contributed by atoms with E-state index in [0.717, 1.165) is 45.8 Å². The standard InChI is InChI=1S/C22H36FN5O3.HI/c1-4-18(31-20-9-6-5-8-19(20)23)16-25-22(26-17-21(29)27(2)3)24-10-7-11-28-12-14-30-15-13-28;/h5-6,8-9,18H,4,7,10-17H2,1-3H3,(H2,24,25,26);1H.